The quantitative estimate of drug-likeness (QED) is 0.873. The summed E-state index contributed by atoms with van der Waals surface area (Å²) in [4.78, 5) is 26.8. The number of benzene rings is 2. The van der Waals surface area contributed by atoms with E-state index in [9.17, 15) is 9.59 Å². The van der Waals surface area contributed by atoms with Crippen LogP contribution in [-0.4, -0.2) is 24.5 Å². The third kappa shape index (κ3) is 3.87. The molecule has 3 amide bonds. The number of para-hydroxylation sites is 1. The Labute approximate surface area is 154 Å². The van der Waals surface area contributed by atoms with Crippen LogP contribution in [0.3, 0.4) is 0 Å². The summed E-state index contributed by atoms with van der Waals surface area (Å²) in [5, 5.41) is 5.71. The Balaban J connectivity index is 1.72. The Morgan fingerprint density at radius 3 is 2.58 bits per heavy atom. The average molecular weight is 351 g/mol. The zero-order valence-corrected chi connectivity index (χ0v) is 15.5. The molecule has 0 bridgehead atoms. The molecule has 0 saturated heterocycles. The maximum absolute atomic E-state index is 12.9. The van der Waals surface area contributed by atoms with Gasteiger partial charge in [0, 0.05) is 29.5 Å². The van der Waals surface area contributed by atoms with Crippen molar-refractivity contribution in [1.82, 2.24) is 5.32 Å². The third-order valence-corrected chi connectivity index (χ3v) is 4.86. The predicted molar refractivity (Wildman–Crippen MR) is 105 cm³/mol. The highest BCUT2D eigenvalue weighted by atomic mass is 16.2. The lowest BCUT2D eigenvalue weighted by Crippen LogP contribution is -2.39. The Morgan fingerprint density at radius 2 is 1.81 bits per heavy atom. The van der Waals surface area contributed by atoms with Gasteiger partial charge in [-0.2, -0.15) is 0 Å². The molecule has 5 nitrogen and oxygen atoms in total. The number of amides is 3. The normalized spacial score (nSPS) is 14.1. The first-order chi connectivity index (χ1) is 12.5. The minimum absolute atomic E-state index is 0.0467. The minimum Gasteiger partial charge on any atom is -0.335 e. The second kappa shape index (κ2) is 7.60. The standard InChI is InChI=1S/C21H25N3O2/c1-14(2)15(3)22-21(26)23-18-9-6-8-17(13-18)20(25)24-12-11-16-7-4-5-10-19(16)24/h4-10,13-15H,11-12H2,1-3H3,(H2,22,23,26). The molecule has 2 aromatic carbocycles. The maximum atomic E-state index is 12.9. The van der Waals surface area contributed by atoms with Gasteiger partial charge in [0.1, 0.15) is 0 Å². The lowest BCUT2D eigenvalue weighted by Gasteiger charge is -2.19. The van der Waals surface area contributed by atoms with E-state index in [0.717, 1.165) is 12.1 Å². The highest BCUT2D eigenvalue weighted by molar-refractivity contribution is 6.08. The topological polar surface area (TPSA) is 61.4 Å². The fraction of sp³-hybridized carbons (Fsp3) is 0.333. The van der Waals surface area contributed by atoms with Crippen LogP contribution in [0.5, 0.6) is 0 Å². The second-order valence-corrected chi connectivity index (χ2v) is 7.05. The highest BCUT2D eigenvalue weighted by Crippen LogP contribution is 2.29. The molecule has 1 heterocycles. The van der Waals surface area contributed by atoms with Gasteiger partial charge in [-0.15, -0.1) is 0 Å². The van der Waals surface area contributed by atoms with E-state index < -0.39 is 0 Å². The van der Waals surface area contributed by atoms with Gasteiger partial charge in [0.15, 0.2) is 0 Å². The van der Waals surface area contributed by atoms with E-state index in [0.29, 0.717) is 23.7 Å². The van der Waals surface area contributed by atoms with Crippen molar-refractivity contribution in [3.05, 3.63) is 59.7 Å². The summed E-state index contributed by atoms with van der Waals surface area (Å²) < 4.78 is 0. The molecule has 0 spiro atoms. The van der Waals surface area contributed by atoms with Crippen LogP contribution in [0.2, 0.25) is 0 Å². The molecule has 1 aliphatic heterocycles. The Kier molecular flexibility index (Phi) is 5.26. The number of rotatable bonds is 4. The van der Waals surface area contributed by atoms with Crippen molar-refractivity contribution in [3.63, 3.8) is 0 Å². The second-order valence-electron chi connectivity index (χ2n) is 7.05. The molecule has 0 aliphatic carbocycles. The molecule has 1 aliphatic rings. The van der Waals surface area contributed by atoms with Crippen molar-refractivity contribution in [3.8, 4) is 0 Å². The summed E-state index contributed by atoms with van der Waals surface area (Å²) in [6, 6.07) is 14.9. The zero-order valence-electron chi connectivity index (χ0n) is 15.5. The van der Waals surface area contributed by atoms with Crippen molar-refractivity contribution in [1.29, 1.82) is 0 Å². The molecule has 2 N–H and O–H groups in total. The van der Waals surface area contributed by atoms with E-state index >= 15 is 0 Å². The molecule has 26 heavy (non-hydrogen) atoms. The molecule has 0 saturated carbocycles. The van der Waals surface area contributed by atoms with Crippen molar-refractivity contribution < 1.29 is 9.59 Å². The van der Waals surface area contributed by atoms with E-state index in [-0.39, 0.29) is 18.0 Å². The Hall–Kier alpha value is -2.82. The number of urea groups is 1. The summed E-state index contributed by atoms with van der Waals surface area (Å²) in [7, 11) is 0. The first-order valence-corrected chi connectivity index (χ1v) is 9.03. The average Bonchev–Trinajstić information content (AvgIpc) is 3.05. The number of nitrogens with one attached hydrogen (secondary N) is 2. The molecular formula is C21H25N3O2. The van der Waals surface area contributed by atoms with Gasteiger partial charge in [-0.05, 0) is 49.1 Å². The van der Waals surface area contributed by atoms with Gasteiger partial charge in [0.05, 0.1) is 0 Å². The lowest BCUT2D eigenvalue weighted by atomic mass is 10.1. The lowest BCUT2D eigenvalue weighted by molar-refractivity contribution is 0.0989. The zero-order chi connectivity index (χ0) is 18.7. The molecule has 5 heteroatoms. The van der Waals surface area contributed by atoms with Crippen LogP contribution < -0.4 is 15.5 Å². The summed E-state index contributed by atoms with van der Waals surface area (Å²) in [5.41, 5.74) is 3.34. The van der Waals surface area contributed by atoms with Gasteiger partial charge in [0.25, 0.3) is 5.91 Å². The van der Waals surface area contributed by atoms with Crippen LogP contribution in [-0.2, 0) is 6.42 Å². The summed E-state index contributed by atoms with van der Waals surface area (Å²) in [5.74, 6) is 0.304. The first kappa shape index (κ1) is 18.0. The Morgan fingerprint density at radius 1 is 1.04 bits per heavy atom. The van der Waals surface area contributed by atoms with E-state index in [1.807, 2.05) is 25.1 Å². The first-order valence-electron chi connectivity index (χ1n) is 9.03. The molecule has 1 atom stereocenters. The number of nitrogens with zero attached hydrogens (tertiary/aromatic N) is 1. The third-order valence-electron chi connectivity index (χ3n) is 4.86. The molecule has 0 aromatic heterocycles. The summed E-state index contributed by atoms with van der Waals surface area (Å²) in [6.07, 6.45) is 0.870. The monoisotopic (exact) mass is 351 g/mol. The van der Waals surface area contributed by atoms with Crippen LogP contribution in [0.4, 0.5) is 16.2 Å². The van der Waals surface area contributed by atoms with Gasteiger partial charge in [-0.25, -0.2) is 4.79 Å². The van der Waals surface area contributed by atoms with Crippen molar-refractivity contribution >= 4 is 23.3 Å². The molecule has 0 fully saturated rings. The van der Waals surface area contributed by atoms with Crippen LogP contribution in [0.15, 0.2) is 48.5 Å². The Bertz CT molecular complexity index is 816. The number of hydrogen-bond acceptors (Lipinski definition) is 2. The van der Waals surface area contributed by atoms with Crippen molar-refractivity contribution in [2.45, 2.75) is 33.2 Å². The van der Waals surface area contributed by atoms with Crippen LogP contribution in [0.1, 0.15) is 36.7 Å². The van der Waals surface area contributed by atoms with Gasteiger partial charge in [-0.3, -0.25) is 4.79 Å². The molecule has 2 aromatic rings. The largest absolute Gasteiger partial charge is 0.335 e. The number of fused-ring (bicyclic) bond motifs is 1. The van der Waals surface area contributed by atoms with E-state index in [4.69, 9.17) is 0 Å². The fourth-order valence-corrected chi connectivity index (χ4v) is 2.98. The molecule has 3 rings (SSSR count). The van der Waals surface area contributed by atoms with Crippen LogP contribution in [0, 0.1) is 5.92 Å². The van der Waals surface area contributed by atoms with Crippen LogP contribution in [0.25, 0.3) is 0 Å². The number of anilines is 2. The van der Waals surface area contributed by atoms with Crippen LogP contribution >= 0.6 is 0 Å². The summed E-state index contributed by atoms with van der Waals surface area (Å²) in [6.45, 7) is 6.76. The van der Waals surface area contributed by atoms with E-state index in [2.05, 4.69) is 30.5 Å². The van der Waals surface area contributed by atoms with E-state index in [1.54, 1.807) is 29.2 Å². The minimum atomic E-state index is -0.262. The fourth-order valence-electron chi connectivity index (χ4n) is 2.98. The molecule has 136 valence electrons. The summed E-state index contributed by atoms with van der Waals surface area (Å²) >= 11 is 0. The number of carbonyl (C=O) groups excluding carboxylic acids is 2. The van der Waals surface area contributed by atoms with Gasteiger partial charge in [-0.1, -0.05) is 38.1 Å². The highest BCUT2D eigenvalue weighted by Gasteiger charge is 2.25. The maximum Gasteiger partial charge on any atom is 0.319 e. The molecule has 0 radical (unpaired) electrons. The van der Waals surface area contributed by atoms with Crippen molar-refractivity contribution in [2.24, 2.45) is 5.92 Å². The SMILES string of the molecule is CC(C)C(C)NC(=O)Nc1cccc(C(=O)N2CCc3ccccc32)c1. The van der Waals surface area contributed by atoms with Crippen molar-refractivity contribution in [2.75, 3.05) is 16.8 Å². The molecular weight excluding hydrogens is 326 g/mol. The van der Waals surface area contributed by atoms with Gasteiger partial charge >= 0.3 is 6.03 Å². The number of hydrogen-bond donors (Lipinski definition) is 2. The van der Waals surface area contributed by atoms with Gasteiger partial charge < -0.3 is 15.5 Å². The van der Waals surface area contributed by atoms with Gasteiger partial charge in [0.2, 0.25) is 0 Å². The predicted octanol–water partition coefficient (Wildman–Crippen LogP) is 4.06. The molecule has 1 unspecified atom stereocenters. The smallest absolute Gasteiger partial charge is 0.319 e. The van der Waals surface area contributed by atoms with E-state index in [1.165, 1.54) is 5.56 Å². The number of carbonyl (C=O) groups is 2.